The molecule has 118 valence electrons. The molecule has 0 aromatic rings. The lowest BCUT2D eigenvalue weighted by Gasteiger charge is -2.25. The molecule has 6 heteroatoms. The summed E-state index contributed by atoms with van der Waals surface area (Å²) in [6.45, 7) is 6.80. The lowest BCUT2D eigenvalue weighted by Crippen LogP contribution is -2.51. The van der Waals surface area contributed by atoms with Gasteiger partial charge in [-0.1, -0.05) is 13.3 Å². The van der Waals surface area contributed by atoms with Crippen molar-refractivity contribution in [2.45, 2.75) is 52.0 Å². The van der Waals surface area contributed by atoms with Gasteiger partial charge in [-0.2, -0.15) is 0 Å². The number of nitrogens with one attached hydrogen (secondary N) is 2. The lowest BCUT2D eigenvalue weighted by molar-refractivity contribution is -0.137. The van der Waals surface area contributed by atoms with E-state index in [2.05, 4.69) is 10.6 Å². The number of carbonyl (C=O) groups excluding carboxylic acids is 1. The van der Waals surface area contributed by atoms with Crippen LogP contribution in [0.4, 0.5) is 4.79 Å². The van der Waals surface area contributed by atoms with Gasteiger partial charge in [0.2, 0.25) is 0 Å². The minimum atomic E-state index is -0.768. The van der Waals surface area contributed by atoms with E-state index in [0.717, 1.165) is 12.8 Å². The highest BCUT2D eigenvalue weighted by Crippen LogP contribution is 2.14. The maximum absolute atomic E-state index is 11.7. The molecule has 0 aromatic carbocycles. The highest BCUT2D eigenvalue weighted by Gasteiger charge is 2.20. The monoisotopic (exact) mass is 288 g/mol. The number of methoxy groups -OCH3 is 1. The summed E-state index contributed by atoms with van der Waals surface area (Å²) in [5.41, 5.74) is -0.410. The molecule has 1 unspecified atom stereocenters. The largest absolute Gasteiger partial charge is 0.481 e. The summed E-state index contributed by atoms with van der Waals surface area (Å²) >= 11 is 0. The van der Waals surface area contributed by atoms with Crippen LogP contribution in [0.25, 0.3) is 0 Å². The van der Waals surface area contributed by atoms with Gasteiger partial charge in [0.1, 0.15) is 0 Å². The first-order valence-corrected chi connectivity index (χ1v) is 7.07. The fraction of sp³-hybridized carbons (Fsp3) is 0.857. The molecule has 2 amide bonds. The average molecular weight is 288 g/mol. The number of carbonyl (C=O) groups is 2. The van der Waals surface area contributed by atoms with Crippen LogP contribution in [0.15, 0.2) is 0 Å². The molecule has 0 aliphatic heterocycles. The number of aliphatic carboxylic acids is 1. The highest BCUT2D eigenvalue weighted by molar-refractivity contribution is 5.74. The van der Waals surface area contributed by atoms with Crippen molar-refractivity contribution in [3.05, 3.63) is 0 Å². The van der Waals surface area contributed by atoms with E-state index in [9.17, 15) is 9.59 Å². The third kappa shape index (κ3) is 9.61. The Labute approximate surface area is 121 Å². The summed E-state index contributed by atoms with van der Waals surface area (Å²) in [5, 5.41) is 14.3. The molecule has 0 saturated carbocycles. The summed E-state index contributed by atoms with van der Waals surface area (Å²) in [5.74, 6) is -0.436. The van der Waals surface area contributed by atoms with Gasteiger partial charge < -0.3 is 20.5 Å². The van der Waals surface area contributed by atoms with Gasteiger partial charge in [-0.15, -0.1) is 0 Å². The van der Waals surface area contributed by atoms with Crippen molar-refractivity contribution in [2.24, 2.45) is 5.92 Å². The van der Waals surface area contributed by atoms with E-state index >= 15 is 0 Å². The molecule has 0 bridgehead atoms. The lowest BCUT2D eigenvalue weighted by atomic mass is 9.97. The van der Waals surface area contributed by atoms with Crippen LogP contribution >= 0.6 is 0 Å². The summed E-state index contributed by atoms with van der Waals surface area (Å²) in [4.78, 5) is 22.2. The summed E-state index contributed by atoms with van der Waals surface area (Å²) in [6, 6.07) is -0.222. The molecule has 0 heterocycles. The molecule has 0 aliphatic carbocycles. The highest BCUT2D eigenvalue weighted by atomic mass is 16.5. The maximum atomic E-state index is 11.7. The molecule has 0 aliphatic rings. The molecule has 0 saturated heterocycles. The number of hydrogen-bond donors (Lipinski definition) is 3. The van der Waals surface area contributed by atoms with E-state index in [1.54, 1.807) is 7.11 Å². The zero-order valence-electron chi connectivity index (χ0n) is 13.0. The van der Waals surface area contributed by atoms with Crippen LogP contribution in [0, 0.1) is 5.92 Å². The first-order chi connectivity index (χ1) is 9.30. The number of ether oxygens (including phenoxy) is 1. The van der Waals surface area contributed by atoms with Crippen LogP contribution in [-0.4, -0.2) is 42.9 Å². The van der Waals surface area contributed by atoms with E-state index < -0.39 is 11.5 Å². The Morgan fingerprint density at radius 1 is 1.30 bits per heavy atom. The van der Waals surface area contributed by atoms with E-state index in [-0.39, 0.29) is 12.5 Å². The third-order valence-corrected chi connectivity index (χ3v) is 3.14. The first kappa shape index (κ1) is 18.7. The fourth-order valence-corrected chi connectivity index (χ4v) is 2.02. The normalized spacial score (nSPS) is 12.8. The van der Waals surface area contributed by atoms with Crippen LogP contribution in [0.2, 0.25) is 0 Å². The Bertz CT molecular complexity index is 306. The Kier molecular flexibility index (Phi) is 8.96. The standard InChI is InChI=1S/C14H28N2O4/c1-5-11(6-7-12(17)18)8-9-15-13(19)16-14(2,3)10-20-4/h11H,5-10H2,1-4H3,(H,17,18)(H2,15,16,19). The second-order valence-corrected chi connectivity index (χ2v) is 5.69. The van der Waals surface area contributed by atoms with Crippen molar-refractivity contribution in [1.82, 2.24) is 10.6 Å². The minimum absolute atomic E-state index is 0.186. The maximum Gasteiger partial charge on any atom is 0.315 e. The molecular weight excluding hydrogens is 260 g/mol. The summed E-state index contributed by atoms with van der Waals surface area (Å²) in [6.07, 6.45) is 2.56. The summed E-state index contributed by atoms with van der Waals surface area (Å²) in [7, 11) is 1.59. The predicted octanol–water partition coefficient (Wildman–Crippen LogP) is 1.99. The van der Waals surface area contributed by atoms with Gasteiger partial charge in [0.05, 0.1) is 12.1 Å². The second-order valence-electron chi connectivity index (χ2n) is 5.69. The van der Waals surface area contributed by atoms with Crippen molar-refractivity contribution < 1.29 is 19.4 Å². The molecular formula is C14H28N2O4. The smallest absolute Gasteiger partial charge is 0.315 e. The van der Waals surface area contributed by atoms with E-state index in [0.29, 0.717) is 25.5 Å². The Morgan fingerprint density at radius 3 is 2.45 bits per heavy atom. The zero-order chi connectivity index (χ0) is 15.6. The topological polar surface area (TPSA) is 87.7 Å². The third-order valence-electron chi connectivity index (χ3n) is 3.14. The van der Waals surface area contributed by atoms with Crippen molar-refractivity contribution in [3.63, 3.8) is 0 Å². The number of urea groups is 1. The molecule has 1 atom stereocenters. The molecule has 0 fully saturated rings. The van der Waals surface area contributed by atoms with Crippen LogP contribution < -0.4 is 10.6 Å². The van der Waals surface area contributed by atoms with E-state index in [1.807, 2.05) is 20.8 Å². The Hall–Kier alpha value is -1.30. The molecule has 20 heavy (non-hydrogen) atoms. The molecule has 6 nitrogen and oxygen atoms in total. The van der Waals surface area contributed by atoms with Crippen molar-refractivity contribution in [3.8, 4) is 0 Å². The second kappa shape index (κ2) is 9.58. The number of rotatable bonds is 10. The van der Waals surface area contributed by atoms with Gasteiger partial charge in [-0.25, -0.2) is 4.79 Å². The van der Waals surface area contributed by atoms with Crippen LogP contribution in [0.3, 0.4) is 0 Å². The molecule has 0 aromatic heterocycles. The first-order valence-electron chi connectivity index (χ1n) is 7.07. The van der Waals surface area contributed by atoms with Gasteiger partial charge in [0.25, 0.3) is 0 Å². The van der Waals surface area contributed by atoms with Crippen molar-refractivity contribution in [1.29, 1.82) is 0 Å². The zero-order valence-corrected chi connectivity index (χ0v) is 13.0. The molecule has 0 spiro atoms. The minimum Gasteiger partial charge on any atom is -0.481 e. The Balaban J connectivity index is 3.91. The van der Waals surface area contributed by atoms with Gasteiger partial charge >= 0.3 is 12.0 Å². The van der Waals surface area contributed by atoms with Gasteiger partial charge in [-0.3, -0.25) is 4.79 Å². The van der Waals surface area contributed by atoms with Crippen molar-refractivity contribution >= 4 is 12.0 Å². The molecule has 0 radical (unpaired) electrons. The molecule has 3 N–H and O–H groups in total. The van der Waals surface area contributed by atoms with Gasteiger partial charge in [-0.05, 0) is 32.6 Å². The number of carboxylic acids is 1. The van der Waals surface area contributed by atoms with Crippen LogP contribution in [0.5, 0.6) is 0 Å². The Morgan fingerprint density at radius 2 is 1.95 bits per heavy atom. The fourth-order valence-electron chi connectivity index (χ4n) is 2.02. The van der Waals surface area contributed by atoms with Crippen LogP contribution in [0.1, 0.15) is 46.5 Å². The van der Waals surface area contributed by atoms with E-state index in [4.69, 9.17) is 9.84 Å². The van der Waals surface area contributed by atoms with Gasteiger partial charge in [0.15, 0.2) is 0 Å². The van der Waals surface area contributed by atoms with Gasteiger partial charge in [0, 0.05) is 20.1 Å². The number of carboxylic acid groups (broad SMARTS) is 1. The summed E-state index contributed by atoms with van der Waals surface area (Å²) < 4.78 is 5.02. The average Bonchev–Trinajstić information content (AvgIpc) is 2.32. The molecule has 0 rings (SSSR count). The quantitative estimate of drug-likeness (QED) is 0.573. The van der Waals surface area contributed by atoms with Crippen molar-refractivity contribution in [2.75, 3.05) is 20.3 Å². The SMILES string of the molecule is CCC(CCNC(=O)NC(C)(C)COC)CCC(=O)O. The van der Waals surface area contributed by atoms with Crippen LogP contribution in [-0.2, 0) is 9.53 Å². The number of hydrogen-bond acceptors (Lipinski definition) is 3. The number of amides is 2. The predicted molar refractivity (Wildman–Crippen MR) is 77.8 cm³/mol. The van der Waals surface area contributed by atoms with E-state index in [1.165, 1.54) is 0 Å².